The summed E-state index contributed by atoms with van der Waals surface area (Å²) < 4.78 is 0. The fraction of sp³-hybridized carbons (Fsp3) is 0.333. The molecule has 130 valence electrons. The largest absolute Gasteiger partial charge is 0.478 e. The lowest BCUT2D eigenvalue weighted by molar-refractivity contribution is -0.132. The monoisotopic (exact) mass is 337 g/mol. The maximum absolute atomic E-state index is 12.9. The SMILES string of the molecule is O=C(O)c1ccccc1CC(=O)N(Cc1ccccc1)CC1CCC1. The molecular formula is C21H23NO3. The number of carboxylic acid groups (broad SMARTS) is 1. The molecule has 4 heteroatoms. The summed E-state index contributed by atoms with van der Waals surface area (Å²) in [4.78, 5) is 26.2. The molecule has 0 spiro atoms. The van der Waals surface area contributed by atoms with Crippen molar-refractivity contribution in [2.45, 2.75) is 32.2 Å². The highest BCUT2D eigenvalue weighted by molar-refractivity contribution is 5.91. The molecule has 1 amide bonds. The van der Waals surface area contributed by atoms with Crippen LogP contribution < -0.4 is 0 Å². The Bertz CT molecular complexity index is 738. The number of rotatable bonds is 7. The Kier molecular flexibility index (Phi) is 5.49. The number of amides is 1. The highest BCUT2D eigenvalue weighted by atomic mass is 16.4. The van der Waals surface area contributed by atoms with Crippen LogP contribution in [0, 0.1) is 5.92 Å². The molecule has 1 N–H and O–H groups in total. The highest BCUT2D eigenvalue weighted by Crippen LogP contribution is 2.28. The van der Waals surface area contributed by atoms with Gasteiger partial charge in [-0.05, 0) is 36.0 Å². The van der Waals surface area contributed by atoms with Gasteiger partial charge in [-0.2, -0.15) is 0 Å². The van der Waals surface area contributed by atoms with Crippen molar-refractivity contribution in [3.05, 3.63) is 71.3 Å². The number of nitrogens with zero attached hydrogens (tertiary/aromatic N) is 1. The Balaban J connectivity index is 1.75. The number of carbonyl (C=O) groups is 2. The Hall–Kier alpha value is -2.62. The molecule has 0 radical (unpaired) electrons. The second-order valence-corrected chi connectivity index (χ2v) is 6.70. The van der Waals surface area contributed by atoms with Gasteiger partial charge >= 0.3 is 5.97 Å². The first-order valence-corrected chi connectivity index (χ1v) is 8.76. The number of hydrogen-bond donors (Lipinski definition) is 1. The summed E-state index contributed by atoms with van der Waals surface area (Å²) >= 11 is 0. The summed E-state index contributed by atoms with van der Waals surface area (Å²) in [5, 5.41) is 9.32. The van der Waals surface area contributed by atoms with Crippen LogP contribution >= 0.6 is 0 Å². The van der Waals surface area contributed by atoms with Crippen LogP contribution in [0.25, 0.3) is 0 Å². The molecule has 1 aliphatic carbocycles. The van der Waals surface area contributed by atoms with Crippen LogP contribution in [0.1, 0.15) is 40.7 Å². The molecule has 0 atom stereocenters. The van der Waals surface area contributed by atoms with Gasteiger partial charge in [0.1, 0.15) is 0 Å². The minimum atomic E-state index is -0.989. The van der Waals surface area contributed by atoms with Gasteiger partial charge in [0.05, 0.1) is 12.0 Å². The lowest BCUT2D eigenvalue weighted by atomic mass is 9.85. The van der Waals surface area contributed by atoms with E-state index in [1.54, 1.807) is 24.3 Å². The second kappa shape index (κ2) is 7.97. The van der Waals surface area contributed by atoms with E-state index in [9.17, 15) is 14.7 Å². The van der Waals surface area contributed by atoms with E-state index in [0.29, 0.717) is 18.0 Å². The van der Waals surface area contributed by atoms with Crippen LogP contribution in [0.4, 0.5) is 0 Å². The van der Waals surface area contributed by atoms with Crippen LogP contribution in [0.5, 0.6) is 0 Å². The summed E-state index contributed by atoms with van der Waals surface area (Å²) in [7, 11) is 0. The summed E-state index contributed by atoms with van der Waals surface area (Å²) in [6.45, 7) is 1.33. The Morgan fingerprint density at radius 3 is 2.32 bits per heavy atom. The van der Waals surface area contributed by atoms with Gasteiger partial charge in [0.15, 0.2) is 0 Å². The van der Waals surface area contributed by atoms with Gasteiger partial charge in [-0.3, -0.25) is 4.79 Å². The zero-order valence-corrected chi connectivity index (χ0v) is 14.2. The molecular weight excluding hydrogens is 314 g/mol. The molecule has 1 fully saturated rings. The maximum Gasteiger partial charge on any atom is 0.335 e. The summed E-state index contributed by atoms with van der Waals surface area (Å²) in [5.41, 5.74) is 1.88. The molecule has 2 aromatic rings. The first kappa shape index (κ1) is 17.2. The van der Waals surface area contributed by atoms with E-state index >= 15 is 0 Å². The van der Waals surface area contributed by atoms with Crippen molar-refractivity contribution < 1.29 is 14.7 Å². The molecule has 0 aliphatic heterocycles. The minimum Gasteiger partial charge on any atom is -0.478 e. The summed E-state index contributed by atoms with van der Waals surface area (Å²) in [6.07, 6.45) is 3.70. The molecule has 1 aliphatic rings. The van der Waals surface area contributed by atoms with E-state index in [-0.39, 0.29) is 17.9 Å². The lowest BCUT2D eigenvalue weighted by Gasteiger charge is -2.32. The lowest BCUT2D eigenvalue weighted by Crippen LogP contribution is -2.38. The summed E-state index contributed by atoms with van der Waals surface area (Å²) in [6, 6.07) is 16.7. The van der Waals surface area contributed by atoms with Gasteiger partial charge in [-0.25, -0.2) is 4.79 Å². The summed E-state index contributed by atoms with van der Waals surface area (Å²) in [5.74, 6) is -0.427. The molecule has 0 saturated heterocycles. The third-order valence-corrected chi connectivity index (χ3v) is 4.86. The van der Waals surface area contributed by atoms with Gasteiger partial charge in [0.25, 0.3) is 0 Å². The minimum absolute atomic E-state index is 0.00977. The number of carbonyl (C=O) groups excluding carboxylic acids is 1. The topological polar surface area (TPSA) is 57.6 Å². The standard InChI is InChI=1S/C21H23NO3/c23-20(13-18-11-4-5-12-19(18)21(24)25)22(15-17-9-6-10-17)14-16-7-2-1-3-8-16/h1-5,7-8,11-12,17H,6,9-10,13-15H2,(H,24,25). The second-order valence-electron chi connectivity index (χ2n) is 6.70. The quantitative estimate of drug-likeness (QED) is 0.837. The van der Waals surface area contributed by atoms with E-state index in [4.69, 9.17) is 0 Å². The zero-order valence-electron chi connectivity index (χ0n) is 14.2. The van der Waals surface area contributed by atoms with Crippen molar-refractivity contribution in [1.82, 2.24) is 4.90 Å². The maximum atomic E-state index is 12.9. The Morgan fingerprint density at radius 1 is 1.00 bits per heavy atom. The van der Waals surface area contributed by atoms with Crippen molar-refractivity contribution in [3.63, 3.8) is 0 Å². The van der Waals surface area contributed by atoms with Gasteiger partial charge in [0, 0.05) is 13.1 Å². The average molecular weight is 337 g/mol. The predicted molar refractivity (Wildman–Crippen MR) is 96.3 cm³/mol. The zero-order chi connectivity index (χ0) is 17.6. The van der Waals surface area contributed by atoms with Crippen LogP contribution in [-0.4, -0.2) is 28.4 Å². The number of carboxylic acids is 1. The molecule has 2 aromatic carbocycles. The van der Waals surface area contributed by atoms with Crippen LogP contribution in [0.15, 0.2) is 54.6 Å². The van der Waals surface area contributed by atoms with Gasteiger partial charge < -0.3 is 10.0 Å². The third-order valence-electron chi connectivity index (χ3n) is 4.86. The number of aromatic carboxylic acids is 1. The van der Waals surface area contributed by atoms with Crippen molar-refractivity contribution in [2.24, 2.45) is 5.92 Å². The van der Waals surface area contributed by atoms with Crippen molar-refractivity contribution in [2.75, 3.05) is 6.54 Å². The molecule has 0 unspecified atom stereocenters. The predicted octanol–water partition coefficient (Wildman–Crippen LogP) is 3.76. The van der Waals surface area contributed by atoms with Gasteiger partial charge in [-0.15, -0.1) is 0 Å². The van der Waals surface area contributed by atoms with Crippen molar-refractivity contribution in [1.29, 1.82) is 0 Å². The van der Waals surface area contributed by atoms with Crippen LogP contribution in [-0.2, 0) is 17.8 Å². The Morgan fingerprint density at radius 2 is 1.68 bits per heavy atom. The fourth-order valence-electron chi connectivity index (χ4n) is 3.20. The normalized spacial score (nSPS) is 13.9. The van der Waals surface area contributed by atoms with Crippen LogP contribution in [0.3, 0.4) is 0 Å². The Labute approximate surface area is 148 Å². The molecule has 3 rings (SSSR count). The average Bonchev–Trinajstić information content (AvgIpc) is 2.58. The molecule has 1 saturated carbocycles. The number of hydrogen-bond acceptors (Lipinski definition) is 2. The van der Waals surface area contributed by atoms with Crippen molar-refractivity contribution in [3.8, 4) is 0 Å². The molecule has 0 aromatic heterocycles. The fourth-order valence-corrected chi connectivity index (χ4v) is 3.20. The van der Waals surface area contributed by atoms with E-state index in [0.717, 1.165) is 12.1 Å². The molecule has 0 heterocycles. The van der Waals surface area contributed by atoms with Gasteiger partial charge in [0.2, 0.25) is 5.91 Å². The first-order chi connectivity index (χ1) is 12.1. The highest BCUT2D eigenvalue weighted by Gasteiger charge is 2.24. The molecule has 4 nitrogen and oxygen atoms in total. The van der Waals surface area contributed by atoms with Crippen molar-refractivity contribution >= 4 is 11.9 Å². The number of benzene rings is 2. The van der Waals surface area contributed by atoms with E-state index in [2.05, 4.69) is 0 Å². The molecule has 0 bridgehead atoms. The van der Waals surface area contributed by atoms with E-state index in [1.165, 1.54) is 19.3 Å². The van der Waals surface area contributed by atoms with Gasteiger partial charge in [-0.1, -0.05) is 55.0 Å². The first-order valence-electron chi connectivity index (χ1n) is 8.76. The smallest absolute Gasteiger partial charge is 0.335 e. The van der Waals surface area contributed by atoms with E-state index < -0.39 is 5.97 Å². The molecule has 25 heavy (non-hydrogen) atoms. The van der Waals surface area contributed by atoms with Crippen LogP contribution in [0.2, 0.25) is 0 Å². The third kappa shape index (κ3) is 4.47. The van der Waals surface area contributed by atoms with E-state index in [1.807, 2.05) is 35.2 Å².